The van der Waals surface area contributed by atoms with Gasteiger partial charge in [-0.05, 0) is 79.7 Å². The van der Waals surface area contributed by atoms with Crippen LogP contribution in [-0.4, -0.2) is 16.0 Å². The quantitative estimate of drug-likeness (QED) is 0.333. The number of aromatic nitrogens is 1. The second kappa shape index (κ2) is 8.67. The molecule has 1 amide bonds. The van der Waals surface area contributed by atoms with Crippen LogP contribution < -0.4 is 10.6 Å². The summed E-state index contributed by atoms with van der Waals surface area (Å²) in [4.78, 5) is 17.0. The third-order valence-electron chi connectivity index (χ3n) is 4.68. The Bertz CT molecular complexity index is 1330. The molecular weight excluding hydrogens is 453 g/mol. The highest BCUT2D eigenvalue weighted by atomic mass is 35.5. The van der Waals surface area contributed by atoms with Crippen molar-refractivity contribution in [1.29, 1.82) is 0 Å². The van der Waals surface area contributed by atoms with E-state index in [9.17, 15) is 4.79 Å². The number of benzene rings is 3. The molecule has 4 rings (SSSR count). The summed E-state index contributed by atoms with van der Waals surface area (Å²) in [5.74, 6) is 0.119. The molecule has 4 aromatic rings. The predicted octanol–water partition coefficient (Wildman–Crippen LogP) is 6.55. The second-order valence-electron chi connectivity index (χ2n) is 7.06. The van der Waals surface area contributed by atoms with Crippen LogP contribution in [0.4, 0.5) is 5.69 Å². The number of carbonyl (C=O) groups is 1. The van der Waals surface area contributed by atoms with Crippen LogP contribution in [0.25, 0.3) is 22.6 Å². The van der Waals surface area contributed by atoms with E-state index in [2.05, 4.69) is 15.6 Å². The minimum Gasteiger partial charge on any atom is -0.436 e. The number of hydrogen-bond acceptors (Lipinski definition) is 4. The number of carbonyl (C=O) groups excluding carboxylic acids is 1. The first-order chi connectivity index (χ1) is 14.8. The Labute approximate surface area is 194 Å². The van der Waals surface area contributed by atoms with Gasteiger partial charge in [0.2, 0.25) is 5.89 Å². The Morgan fingerprint density at radius 1 is 1.00 bits per heavy atom. The van der Waals surface area contributed by atoms with Crippen LogP contribution in [0.1, 0.15) is 21.5 Å². The van der Waals surface area contributed by atoms with Gasteiger partial charge in [0.25, 0.3) is 5.91 Å². The van der Waals surface area contributed by atoms with Gasteiger partial charge in [-0.3, -0.25) is 10.1 Å². The Morgan fingerprint density at radius 3 is 2.58 bits per heavy atom. The molecule has 1 aromatic heterocycles. The largest absolute Gasteiger partial charge is 0.436 e. The summed E-state index contributed by atoms with van der Waals surface area (Å²) >= 11 is 17.2. The number of anilines is 1. The number of oxazole rings is 1. The first-order valence-electron chi connectivity index (χ1n) is 9.36. The van der Waals surface area contributed by atoms with Crippen LogP contribution in [-0.2, 0) is 0 Å². The maximum absolute atomic E-state index is 12.4. The summed E-state index contributed by atoms with van der Waals surface area (Å²) in [6, 6.07) is 16.2. The molecule has 0 unspecified atom stereocenters. The molecule has 0 aliphatic rings. The number of amides is 1. The predicted molar refractivity (Wildman–Crippen MR) is 129 cm³/mol. The van der Waals surface area contributed by atoms with Gasteiger partial charge in [0, 0.05) is 16.8 Å². The summed E-state index contributed by atoms with van der Waals surface area (Å²) in [6.45, 7) is 3.94. The zero-order valence-electron chi connectivity index (χ0n) is 16.6. The van der Waals surface area contributed by atoms with Crippen LogP contribution in [0.5, 0.6) is 0 Å². The first-order valence-corrected chi connectivity index (χ1v) is 10.5. The highest BCUT2D eigenvalue weighted by Crippen LogP contribution is 2.28. The van der Waals surface area contributed by atoms with E-state index in [1.807, 2.05) is 50.2 Å². The van der Waals surface area contributed by atoms with E-state index in [1.54, 1.807) is 12.1 Å². The third kappa shape index (κ3) is 4.71. The van der Waals surface area contributed by atoms with Crippen molar-refractivity contribution >= 4 is 63.2 Å². The van der Waals surface area contributed by atoms with E-state index in [4.69, 9.17) is 39.8 Å². The number of hydrogen-bond donors (Lipinski definition) is 2. The standard InChI is InChI=1S/C23H17Cl2N3O2S/c1-12-3-8-20-19(9-12)26-22(30-20)15-5-4-13(2)18(11-15)27-23(31)28-21(29)14-6-7-16(24)17(25)10-14/h3-11H,1-2H3,(H2,27,28,29,31). The topological polar surface area (TPSA) is 67.2 Å². The van der Waals surface area contributed by atoms with Gasteiger partial charge in [-0.1, -0.05) is 35.3 Å². The van der Waals surface area contributed by atoms with Gasteiger partial charge in [0.15, 0.2) is 10.7 Å². The number of aryl methyl sites for hydroxylation is 2. The maximum atomic E-state index is 12.4. The molecule has 0 saturated heterocycles. The lowest BCUT2D eigenvalue weighted by atomic mass is 10.1. The average Bonchev–Trinajstić information content (AvgIpc) is 3.14. The molecule has 156 valence electrons. The van der Waals surface area contributed by atoms with Gasteiger partial charge in [0.05, 0.1) is 10.0 Å². The molecule has 0 bridgehead atoms. The molecule has 0 fully saturated rings. The van der Waals surface area contributed by atoms with E-state index >= 15 is 0 Å². The molecule has 0 aliphatic carbocycles. The fourth-order valence-corrected chi connectivity index (χ4v) is 3.52. The zero-order chi connectivity index (χ0) is 22.1. The molecule has 0 spiro atoms. The molecule has 31 heavy (non-hydrogen) atoms. The van der Waals surface area contributed by atoms with Gasteiger partial charge in [-0.15, -0.1) is 0 Å². The van der Waals surface area contributed by atoms with Crippen molar-refractivity contribution < 1.29 is 9.21 Å². The van der Waals surface area contributed by atoms with Gasteiger partial charge in [-0.2, -0.15) is 0 Å². The minimum atomic E-state index is -0.390. The molecule has 8 heteroatoms. The summed E-state index contributed by atoms with van der Waals surface area (Å²) in [5, 5.41) is 6.54. The molecule has 0 aliphatic heterocycles. The fraction of sp³-hybridized carbons (Fsp3) is 0.0870. The first kappa shape index (κ1) is 21.3. The number of fused-ring (bicyclic) bond motifs is 1. The Morgan fingerprint density at radius 2 is 1.81 bits per heavy atom. The second-order valence-corrected chi connectivity index (χ2v) is 8.28. The molecule has 2 N–H and O–H groups in total. The average molecular weight is 470 g/mol. The van der Waals surface area contributed by atoms with E-state index in [0.29, 0.717) is 21.5 Å². The molecule has 0 atom stereocenters. The monoisotopic (exact) mass is 469 g/mol. The maximum Gasteiger partial charge on any atom is 0.257 e. The zero-order valence-corrected chi connectivity index (χ0v) is 19.0. The van der Waals surface area contributed by atoms with E-state index in [1.165, 1.54) is 6.07 Å². The Kier molecular flexibility index (Phi) is 5.96. The summed E-state index contributed by atoms with van der Waals surface area (Å²) in [6.07, 6.45) is 0. The number of halogens is 2. The summed E-state index contributed by atoms with van der Waals surface area (Å²) in [7, 11) is 0. The van der Waals surface area contributed by atoms with Gasteiger partial charge >= 0.3 is 0 Å². The van der Waals surface area contributed by atoms with Crippen molar-refractivity contribution in [3.8, 4) is 11.5 Å². The summed E-state index contributed by atoms with van der Waals surface area (Å²) < 4.78 is 5.89. The van der Waals surface area contributed by atoms with Crippen molar-refractivity contribution in [3.63, 3.8) is 0 Å². The van der Waals surface area contributed by atoms with Crippen molar-refractivity contribution in [3.05, 3.63) is 81.3 Å². The van der Waals surface area contributed by atoms with Crippen molar-refractivity contribution in [2.75, 3.05) is 5.32 Å². The van der Waals surface area contributed by atoms with Crippen LogP contribution in [0.3, 0.4) is 0 Å². The molecular formula is C23H17Cl2N3O2S. The van der Waals surface area contributed by atoms with Gasteiger partial charge in [-0.25, -0.2) is 4.98 Å². The van der Waals surface area contributed by atoms with Crippen LogP contribution in [0, 0.1) is 13.8 Å². The lowest BCUT2D eigenvalue weighted by Gasteiger charge is -2.13. The summed E-state index contributed by atoms with van der Waals surface area (Å²) in [5.41, 5.74) is 5.46. The fourth-order valence-electron chi connectivity index (χ4n) is 3.02. The van der Waals surface area contributed by atoms with Gasteiger partial charge in [0.1, 0.15) is 5.52 Å². The van der Waals surface area contributed by atoms with E-state index in [0.717, 1.165) is 33.5 Å². The minimum absolute atomic E-state index is 0.157. The SMILES string of the molecule is Cc1ccc2oc(-c3ccc(C)c(NC(=S)NC(=O)c4ccc(Cl)c(Cl)c4)c3)nc2c1. The molecule has 0 saturated carbocycles. The smallest absolute Gasteiger partial charge is 0.257 e. The van der Waals surface area contributed by atoms with Crippen LogP contribution in [0.15, 0.2) is 59.0 Å². The molecule has 3 aromatic carbocycles. The Balaban J connectivity index is 1.53. The number of nitrogens with zero attached hydrogens (tertiary/aromatic N) is 1. The van der Waals surface area contributed by atoms with Crippen molar-refractivity contribution in [2.24, 2.45) is 0 Å². The van der Waals surface area contributed by atoms with Gasteiger partial charge < -0.3 is 9.73 Å². The normalized spacial score (nSPS) is 10.8. The lowest BCUT2D eigenvalue weighted by Crippen LogP contribution is -2.34. The lowest BCUT2D eigenvalue weighted by molar-refractivity contribution is 0.0977. The van der Waals surface area contributed by atoms with Crippen molar-refractivity contribution in [2.45, 2.75) is 13.8 Å². The number of thiocarbonyl (C=S) groups is 1. The van der Waals surface area contributed by atoms with Crippen LogP contribution >= 0.6 is 35.4 Å². The molecule has 1 heterocycles. The third-order valence-corrected chi connectivity index (χ3v) is 5.63. The van der Waals surface area contributed by atoms with E-state index in [-0.39, 0.29) is 11.0 Å². The van der Waals surface area contributed by atoms with Crippen LogP contribution in [0.2, 0.25) is 10.0 Å². The van der Waals surface area contributed by atoms with E-state index < -0.39 is 0 Å². The number of nitrogens with one attached hydrogen (secondary N) is 2. The number of rotatable bonds is 3. The highest BCUT2D eigenvalue weighted by molar-refractivity contribution is 7.80. The molecule has 5 nitrogen and oxygen atoms in total. The molecule has 0 radical (unpaired) electrons. The Hall–Kier alpha value is -2.93. The highest BCUT2D eigenvalue weighted by Gasteiger charge is 2.13. The van der Waals surface area contributed by atoms with Crippen molar-refractivity contribution in [1.82, 2.24) is 10.3 Å².